The van der Waals surface area contributed by atoms with E-state index in [1.807, 2.05) is 0 Å². The van der Waals surface area contributed by atoms with E-state index >= 15 is 0 Å². The summed E-state index contributed by atoms with van der Waals surface area (Å²) in [6, 6.07) is 50.3. The molecule has 288 valence electrons. The highest BCUT2D eigenvalue weighted by Gasteiger charge is 2.84. The lowest BCUT2D eigenvalue weighted by molar-refractivity contribution is -0.231. The summed E-state index contributed by atoms with van der Waals surface area (Å²) in [6.07, 6.45) is 8.30. The molecule has 0 heterocycles. The lowest BCUT2D eigenvalue weighted by Gasteiger charge is -2.76. The second kappa shape index (κ2) is 10.8. The van der Waals surface area contributed by atoms with Gasteiger partial charge in [-0.2, -0.15) is 0 Å². The van der Waals surface area contributed by atoms with Gasteiger partial charge >= 0.3 is 0 Å². The predicted molar refractivity (Wildman–Crippen MR) is 240 cm³/mol. The lowest BCUT2D eigenvalue weighted by Crippen LogP contribution is -2.73. The van der Waals surface area contributed by atoms with Crippen molar-refractivity contribution in [3.8, 4) is 33.4 Å². The third-order valence-electron chi connectivity index (χ3n) is 18.0. The van der Waals surface area contributed by atoms with Gasteiger partial charge < -0.3 is 4.90 Å². The first-order chi connectivity index (χ1) is 28.0. The van der Waals surface area contributed by atoms with Crippen LogP contribution in [0.4, 0.5) is 17.1 Å². The molecule has 7 aliphatic rings. The molecule has 6 atom stereocenters. The summed E-state index contributed by atoms with van der Waals surface area (Å²) in [5.41, 5.74) is 22.3. The maximum atomic E-state index is 2.66. The van der Waals surface area contributed by atoms with Gasteiger partial charge in [0.25, 0.3) is 0 Å². The van der Waals surface area contributed by atoms with Crippen molar-refractivity contribution in [2.24, 2.45) is 29.1 Å². The molecule has 0 radical (unpaired) electrons. The van der Waals surface area contributed by atoms with Crippen LogP contribution in [0.3, 0.4) is 0 Å². The molecule has 4 saturated carbocycles. The summed E-state index contributed by atoms with van der Waals surface area (Å²) in [4.78, 5) is 2.66. The van der Waals surface area contributed by atoms with Gasteiger partial charge in [-0.15, -0.1) is 0 Å². The molecule has 0 aromatic heterocycles. The fourth-order valence-corrected chi connectivity index (χ4v) is 15.4. The predicted octanol–water partition coefficient (Wildman–Crippen LogP) is 14.8. The minimum atomic E-state index is -0.0790. The maximum Gasteiger partial charge on any atom is 0.0543 e. The third kappa shape index (κ3) is 3.87. The van der Waals surface area contributed by atoms with E-state index in [-0.39, 0.29) is 21.7 Å². The van der Waals surface area contributed by atoms with Crippen LogP contribution in [0.2, 0.25) is 0 Å². The number of hydrogen-bond acceptors (Lipinski definition) is 1. The zero-order valence-corrected chi connectivity index (χ0v) is 35.1. The van der Waals surface area contributed by atoms with Crippen molar-refractivity contribution in [2.45, 2.75) is 102 Å². The van der Waals surface area contributed by atoms with Crippen molar-refractivity contribution in [1.29, 1.82) is 0 Å². The van der Waals surface area contributed by atoms with Gasteiger partial charge in [-0.3, -0.25) is 0 Å². The smallest absolute Gasteiger partial charge is 0.0543 e. The fourth-order valence-electron chi connectivity index (χ4n) is 15.4. The molecule has 0 amide bonds. The van der Waals surface area contributed by atoms with Gasteiger partial charge in [-0.05, 0) is 158 Å². The Morgan fingerprint density at radius 1 is 0.483 bits per heavy atom. The normalized spacial score (nSPS) is 29.7. The largest absolute Gasteiger partial charge is 0.309 e. The number of fused-ring (bicyclic) bond motifs is 12. The van der Waals surface area contributed by atoms with Crippen LogP contribution in [-0.2, 0) is 21.7 Å². The highest BCUT2D eigenvalue weighted by atomic mass is 15.1. The number of anilines is 3. The van der Waals surface area contributed by atoms with Crippen LogP contribution in [0.25, 0.3) is 33.4 Å². The summed E-state index contributed by atoms with van der Waals surface area (Å²) >= 11 is 0. The van der Waals surface area contributed by atoms with E-state index in [4.69, 9.17) is 0 Å². The molecule has 1 heteroatoms. The minimum Gasteiger partial charge on any atom is -0.309 e. The van der Waals surface area contributed by atoms with Gasteiger partial charge in [-0.25, -0.2) is 0 Å². The second-order valence-electron chi connectivity index (χ2n) is 21.6. The first-order valence-corrected chi connectivity index (χ1v) is 22.5. The average Bonchev–Trinajstić information content (AvgIpc) is 3.93. The Bertz CT molecular complexity index is 2760. The van der Waals surface area contributed by atoms with Gasteiger partial charge in [0, 0.05) is 27.6 Å². The van der Waals surface area contributed by atoms with Crippen molar-refractivity contribution in [1.82, 2.24) is 0 Å². The van der Waals surface area contributed by atoms with Gasteiger partial charge in [-0.1, -0.05) is 145 Å². The molecule has 0 N–H and O–H groups in total. The summed E-state index contributed by atoms with van der Waals surface area (Å²) in [7, 11) is 0. The summed E-state index contributed by atoms with van der Waals surface area (Å²) < 4.78 is 0. The van der Waals surface area contributed by atoms with Crippen LogP contribution in [0, 0.1) is 29.1 Å². The zero-order chi connectivity index (χ0) is 39.1. The molecule has 7 aliphatic carbocycles. The van der Waals surface area contributed by atoms with Crippen molar-refractivity contribution in [2.75, 3.05) is 4.90 Å². The Balaban J connectivity index is 1.02. The number of hydrogen-bond donors (Lipinski definition) is 0. The molecule has 6 aromatic carbocycles. The van der Waals surface area contributed by atoms with Crippen molar-refractivity contribution < 1.29 is 0 Å². The SMILES string of the molecule is CC1(C)CCC(C)(C)c2cc(-c3ccc(N(c4cccc5c4-c4ccccc4C5(C)C)c4cccc5c4-c4ccccc4C54C5CC6CC7CC4C75C6)cc3)ccc21. The van der Waals surface area contributed by atoms with Crippen LogP contribution < -0.4 is 4.90 Å². The lowest BCUT2D eigenvalue weighted by atomic mass is 9.27. The molecule has 2 spiro atoms. The Morgan fingerprint density at radius 2 is 1.07 bits per heavy atom. The number of nitrogens with zero attached hydrogens (tertiary/aromatic N) is 1. The summed E-state index contributed by atoms with van der Waals surface area (Å²) in [6.45, 7) is 14.6. The van der Waals surface area contributed by atoms with E-state index in [9.17, 15) is 0 Å². The molecule has 6 aromatic rings. The highest BCUT2D eigenvalue weighted by Crippen LogP contribution is 2.90. The van der Waals surface area contributed by atoms with E-state index in [0.29, 0.717) is 5.41 Å². The van der Waals surface area contributed by atoms with E-state index in [0.717, 1.165) is 23.7 Å². The number of rotatable bonds is 4. The van der Waals surface area contributed by atoms with Gasteiger partial charge in [0.2, 0.25) is 0 Å². The number of benzene rings is 6. The van der Waals surface area contributed by atoms with Crippen LogP contribution in [0.1, 0.15) is 113 Å². The molecular formula is C57H55N. The maximum absolute atomic E-state index is 2.66. The van der Waals surface area contributed by atoms with Crippen molar-refractivity contribution in [3.63, 3.8) is 0 Å². The zero-order valence-electron chi connectivity index (χ0n) is 35.1. The molecule has 0 saturated heterocycles. The first-order valence-electron chi connectivity index (χ1n) is 22.5. The second-order valence-corrected chi connectivity index (χ2v) is 21.6. The Morgan fingerprint density at radius 3 is 1.79 bits per heavy atom. The quantitative estimate of drug-likeness (QED) is 0.173. The Hall–Kier alpha value is -4.88. The van der Waals surface area contributed by atoms with Crippen molar-refractivity contribution in [3.05, 3.63) is 161 Å². The highest BCUT2D eigenvalue weighted by molar-refractivity contribution is 6.01. The fraction of sp³-hybridized carbons (Fsp3) is 0.368. The average molecular weight is 754 g/mol. The minimum absolute atomic E-state index is 0.0790. The summed E-state index contributed by atoms with van der Waals surface area (Å²) in [5, 5.41) is 0. The monoisotopic (exact) mass is 753 g/mol. The van der Waals surface area contributed by atoms with Crippen LogP contribution in [0.15, 0.2) is 127 Å². The molecule has 0 aliphatic heterocycles. The molecule has 13 rings (SSSR count). The first kappa shape index (κ1) is 34.0. The van der Waals surface area contributed by atoms with E-state index in [1.54, 1.807) is 11.1 Å². The Labute approximate surface area is 345 Å². The van der Waals surface area contributed by atoms with Gasteiger partial charge in [0.15, 0.2) is 0 Å². The van der Waals surface area contributed by atoms with Gasteiger partial charge in [0.05, 0.1) is 11.4 Å². The summed E-state index contributed by atoms with van der Waals surface area (Å²) in [5.74, 6) is 3.49. The van der Waals surface area contributed by atoms with Crippen LogP contribution in [-0.4, -0.2) is 0 Å². The van der Waals surface area contributed by atoms with Crippen LogP contribution >= 0.6 is 0 Å². The molecule has 58 heavy (non-hydrogen) atoms. The van der Waals surface area contributed by atoms with E-state index in [1.165, 1.54) is 111 Å². The van der Waals surface area contributed by atoms with Crippen LogP contribution in [0.5, 0.6) is 0 Å². The molecule has 4 fully saturated rings. The van der Waals surface area contributed by atoms with E-state index < -0.39 is 0 Å². The molecule has 6 unspecified atom stereocenters. The standard InChI is InChI=1S/C57H55N/c1-53(2)27-28-54(3,4)46-31-36(23-26-43(46)53)35-21-24-38(25-22-35)58(47-19-11-17-44-51(47)39-13-7-9-15-41(39)55(44,5)6)48-20-12-18-45-52(48)40-14-8-10-16-42(40)57(45)49-30-34-29-37-32-50(57)56(37,49)33-34/h7-26,31,34,37,49-50H,27-30,32-33H2,1-6H3. The molecular weight excluding hydrogens is 699 g/mol. The Kier molecular flexibility index (Phi) is 6.36. The van der Waals surface area contributed by atoms with Crippen molar-refractivity contribution >= 4 is 17.1 Å². The molecule has 2 bridgehead atoms. The molecule has 1 nitrogen and oxygen atoms in total. The van der Waals surface area contributed by atoms with E-state index in [2.05, 4.69) is 174 Å². The topological polar surface area (TPSA) is 3.24 Å². The third-order valence-corrected chi connectivity index (χ3v) is 18.0. The van der Waals surface area contributed by atoms with Gasteiger partial charge in [0.1, 0.15) is 0 Å².